The van der Waals surface area contributed by atoms with Gasteiger partial charge in [-0.05, 0) is 124 Å². The molecular weight excluding hydrogens is 905 g/mol. The fraction of sp³-hybridized carbons (Fsp3) is 0.0435. The Morgan fingerprint density at radius 2 is 0.730 bits per heavy atom. The molecule has 15 rings (SSSR count). The van der Waals surface area contributed by atoms with Crippen LogP contribution in [0, 0.1) is 0 Å². The topological polar surface area (TPSA) is 45.9 Å². The fourth-order valence-electron chi connectivity index (χ4n) is 11.8. The molecular formula is C69H46N2O3. The van der Waals surface area contributed by atoms with Crippen molar-refractivity contribution in [1.82, 2.24) is 0 Å². The van der Waals surface area contributed by atoms with E-state index in [4.69, 9.17) is 13.3 Å². The lowest BCUT2D eigenvalue weighted by molar-refractivity contribution is 0.653. The Labute approximate surface area is 427 Å². The second-order valence-corrected chi connectivity index (χ2v) is 20.0. The Morgan fingerprint density at radius 1 is 0.311 bits per heavy atom. The number of benzene rings is 11. The zero-order chi connectivity index (χ0) is 49.1. The molecule has 1 aliphatic rings. The number of para-hydroxylation sites is 3. The van der Waals surface area contributed by atoms with E-state index < -0.39 is 5.41 Å². The predicted molar refractivity (Wildman–Crippen MR) is 306 cm³/mol. The Morgan fingerprint density at radius 3 is 1.30 bits per heavy atom. The second kappa shape index (κ2) is 16.2. The molecule has 0 N–H and O–H groups in total. The van der Waals surface area contributed by atoms with Crippen LogP contribution in [0.2, 0.25) is 0 Å². The van der Waals surface area contributed by atoms with E-state index >= 15 is 0 Å². The maximum absolute atomic E-state index is 7.16. The lowest BCUT2D eigenvalue weighted by Gasteiger charge is -2.29. The van der Waals surface area contributed by atoms with Gasteiger partial charge >= 0.3 is 0 Å². The van der Waals surface area contributed by atoms with Gasteiger partial charge in [0, 0.05) is 78.5 Å². The molecule has 350 valence electrons. The van der Waals surface area contributed by atoms with Crippen LogP contribution in [-0.4, -0.2) is 0 Å². The van der Waals surface area contributed by atoms with Crippen molar-refractivity contribution >= 4 is 99.9 Å². The fourth-order valence-corrected chi connectivity index (χ4v) is 11.8. The summed E-state index contributed by atoms with van der Waals surface area (Å²) in [6.45, 7) is 4.72. The molecule has 3 heterocycles. The first-order chi connectivity index (χ1) is 36.4. The minimum absolute atomic E-state index is 0.445. The van der Waals surface area contributed by atoms with Gasteiger partial charge in [-0.3, -0.25) is 0 Å². The highest BCUT2D eigenvalue weighted by molar-refractivity contribution is 6.19. The van der Waals surface area contributed by atoms with E-state index in [-0.39, 0.29) is 0 Å². The molecule has 3 aromatic heterocycles. The van der Waals surface area contributed by atoms with Gasteiger partial charge in [0.05, 0.1) is 11.1 Å². The van der Waals surface area contributed by atoms with E-state index in [9.17, 15) is 0 Å². The highest BCUT2D eigenvalue weighted by Crippen LogP contribution is 2.57. The van der Waals surface area contributed by atoms with Crippen LogP contribution < -0.4 is 9.80 Å². The third kappa shape index (κ3) is 6.49. The Balaban J connectivity index is 0.928. The summed E-state index contributed by atoms with van der Waals surface area (Å²) in [5.74, 6) is 0. The normalized spacial score (nSPS) is 12.8. The molecule has 14 aromatic rings. The summed E-state index contributed by atoms with van der Waals surface area (Å²) in [5.41, 5.74) is 20.2. The summed E-state index contributed by atoms with van der Waals surface area (Å²) in [7, 11) is 0. The summed E-state index contributed by atoms with van der Waals surface area (Å²) in [6.07, 6.45) is 0. The molecule has 5 heteroatoms. The average molecular weight is 951 g/mol. The molecule has 0 bridgehead atoms. The first-order valence-electron chi connectivity index (χ1n) is 25.3. The third-order valence-electron chi connectivity index (χ3n) is 15.5. The average Bonchev–Trinajstić information content (AvgIpc) is 4.20. The molecule has 0 saturated heterocycles. The monoisotopic (exact) mass is 950 g/mol. The number of fused-ring (bicyclic) bond motifs is 13. The van der Waals surface area contributed by atoms with Crippen molar-refractivity contribution < 1.29 is 13.3 Å². The van der Waals surface area contributed by atoms with Gasteiger partial charge in [-0.2, -0.15) is 0 Å². The number of nitrogens with zero attached hydrogens (tertiary/aromatic N) is 2. The molecule has 0 fully saturated rings. The van der Waals surface area contributed by atoms with Crippen LogP contribution in [0.25, 0.3) is 99.2 Å². The van der Waals surface area contributed by atoms with Crippen LogP contribution in [0.5, 0.6) is 0 Å². The molecule has 0 aliphatic heterocycles. The smallest absolute Gasteiger partial charge is 0.145 e. The lowest BCUT2D eigenvalue weighted by Crippen LogP contribution is -2.18. The van der Waals surface area contributed by atoms with Crippen LogP contribution in [0.1, 0.15) is 25.0 Å². The molecule has 0 amide bonds. The summed E-state index contributed by atoms with van der Waals surface area (Å²) in [4.78, 5) is 4.75. The Bertz CT molecular complexity index is 4510. The first kappa shape index (κ1) is 42.1. The van der Waals surface area contributed by atoms with Crippen LogP contribution in [0.15, 0.2) is 256 Å². The zero-order valence-electron chi connectivity index (χ0n) is 40.7. The van der Waals surface area contributed by atoms with Gasteiger partial charge in [-0.1, -0.05) is 159 Å². The highest BCUT2D eigenvalue weighted by Gasteiger charge is 2.40. The number of furan rings is 3. The summed E-state index contributed by atoms with van der Waals surface area (Å²) >= 11 is 0. The van der Waals surface area contributed by atoms with Gasteiger partial charge in [0.15, 0.2) is 0 Å². The van der Waals surface area contributed by atoms with Gasteiger partial charge in [-0.25, -0.2) is 0 Å². The second-order valence-electron chi connectivity index (χ2n) is 20.0. The van der Waals surface area contributed by atoms with Crippen LogP contribution >= 0.6 is 0 Å². The standard InChI is InChI=1S/C69H46N2O3/c1-69(2)58-39-49(70(47-29-25-45(26-30-47)43-15-5-3-6-16-43)50-33-36-54-52-19-9-12-22-61(52)72-64(54)40-50)35-38-56(58)66-59(69)42-60(67-57-21-11-14-24-63(57)74-68(66)67)71(48-31-27-46(28-32-48)44-17-7-4-8-18-44)51-34-37-55-53-20-10-13-23-62(53)73-65(55)41-51/h3-42H,1-2H3. The molecule has 0 spiro atoms. The van der Waals surface area contributed by atoms with Crippen molar-refractivity contribution in [3.8, 4) is 33.4 Å². The maximum Gasteiger partial charge on any atom is 0.145 e. The molecule has 0 saturated carbocycles. The van der Waals surface area contributed by atoms with Crippen molar-refractivity contribution in [3.63, 3.8) is 0 Å². The minimum atomic E-state index is -0.445. The molecule has 1 aliphatic carbocycles. The zero-order valence-corrected chi connectivity index (χ0v) is 40.7. The molecule has 0 atom stereocenters. The molecule has 0 unspecified atom stereocenters. The third-order valence-corrected chi connectivity index (χ3v) is 15.5. The summed E-state index contributed by atoms with van der Waals surface area (Å²) in [5, 5.41) is 6.51. The van der Waals surface area contributed by atoms with Crippen molar-refractivity contribution in [2.75, 3.05) is 9.80 Å². The first-order valence-corrected chi connectivity index (χ1v) is 25.3. The van der Waals surface area contributed by atoms with Crippen LogP contribution in [-0.2, 0) is 5.41 Å². The number of hydrogen-bond donors (Lipinski definition) is 0. The molecule has 11 aromatic carbocycles. The van der Waals surface area contributed by atoms with Crippen molar-refractivity contribution in [2.45, 2.75) is 19.3 Å². The lowest BCUT2D eigenvalue weighted by atomic mass is 9.81. The summed E-state index contributed by atoms with van der Waals surface area (Å²) in [6, 6.07) is 86.6. The maximum atomic E-state index is 7.16. The van der Waals surface area contributed by atoms with E-state index in [1.54, 1.807) is 0 Å². The Hall–Kier alpha value is -9.58. The number of anilines is 6. The van der Waals surface area contributed by atoms with E-state index in [0.717, 1.165) is 117 Å². The quantitative estimate of drug-likeness (QED) is 0.152. The largest absolute Gasteiger partial charge is 0.456 e. The number of rotatable bonds is 8. The van der Waals surface area contributed by atoms with Gasteiger partial charge in [0.1, 0.15) is 33.5 Å². The van der Waals surface area contributed by atoms with E-state index in [0.29, 0.717) is 0 Å². The minimum Gasteiger partial charge on any atom is -0.456 e. The molecule has 5 nitrogen and oxygen atoms in total. The Kier molecular flexibility index (Phi) is 9.24. The van der Waals surface area contributed by atoms with E-state index in [1.165, 1.54) is 27.8 Å². The highest BCUT2D eigenvalue weighted by atomic mass is 16.3. The van der Waals surface area contributed by atoms with Gasteiger partial charge in [0.25, 0.3) is 0 Å². The van der Waals surface area contributed by atoms with Crippen LogP contribution in [0.3, 0.4) is 0 Å². The van der Waals surface area contributed by atoms with Crippen molar-refractivity contribution in [2.24, 2.45) is 0 Å². The van der Waals surface area contributed by atoms with Gasteiger partial charge < -0.3 is 23.1 Å². The molecule has 0 radical (unpaired) electrons. The van der Waals surface area contributed by atoms with E-state index in [1.807, 2.05) is 24.3 Å². The van der Waals surface area contributed by atoms with E-state index in [2.05, 4.69) is 242 Å². The number of hydrogen-bond acceptors (Lipinski definition) is 5. The predicted octanol–water partition coefficient (Wildman–Crippen LogP) is 20.0. The van der Waals surface area contributed by atoms with Crippen molar-refractivity contribution in [3.05, 3.63) is 254 Å². The van der Waals surface area contributed by atoms with Crippen LogP contribution in [0.4, 0.5) is 34.1 Å². The van der Waals surface area contributed by atoms with Crippen molar-refractivity contribution in [1.29, 1.82) is 0 Å². The van der Waals surface area contributed by atoms with Gasteiger partial charge in [0.2, 0.25) is 0 Å². The SMILES string of the molecule is CC1(C)c2cc(N(c3ccc(-c4ccccc4)cc3)c3ccc4c(c3)oc3ccccc34)ccc2-c2c1cc(N(c1ccc(-c3ccccc3)cc1)c1ccc3c(c1)oc1ccccc13)c1c2oc2ccccc21. The molecule has 74 heavy (non-hydrogen) atoms. The summed E-state index contributed by atoms with van der Waals surface area (Å²) < 4.78 is 20.3. The van der Waals surface area contributed by atoms with Gasteiger partial charge in [-0.15, -0.1) is 0 Å².